The summed E-state index contributed by atoms with van der Waals surface area (Å²) in [6, 6.07) is 16.3. The molecule has 3 N–H and O–H groups in total. The molecule has 0 spiro atoms. The zero-order chi connectivity index (χ0) is 18.8. The molecule has 1 aliphatic heterocycles. The molecular formula is C24H16N2O2. The maximum atomic E-state index is 12.9. The van der Waals surface area contributed by atoms with Crippen molar-refractivity contribution < 1.29 is 9.90 Å². The monoisotopic (exact) mass is 364 g/mol. The number of aromatic amines is 1. The Bertz CT molecular complexity index is 1380. The zero-order valence-corrected chi connectivity index (χ0v) is 15.0. The number of H-pyrrole nitrogens is 1. The fraction of sp³-hybridized carbons (Fsp3) is 0.125. The molecule has 134 valence electrons. The number of amides is 1. The molecule has 3 aromatic carbocycles. The van der Waals surface area contributed by atoms with Crippen LogP contribution >= 0.6 is 0 Å². The number of benzene rings is 3. The van der Waals surface area contributed by atoms with Crippen LogP contribution in [0.4, 0.5) is 0 Å². The van der Waals surface area contributed by atoms with Gasteiger partial charge in [0.25, 0.3) is 5.91 Å². The minimum absolute atomic E-state index is 0.0241. The van der Waals surface area contributed by atoms with Gasteiger partial charge in [0, 0.05) is 34.0 Å². The van der Waals surface area contributed by atoms with Gasteiger partial charge in [-0.15, -0.1) is 0 Å². The average molecular weight is 364 g/mol. The van der Waals surface area contributed by atoms with E-state index in [1.165, 1.54) is 0 Å². The second-order valence-corrected chi connectivity index (χ2v) is 7.24. The van der Waals surface area contributed by atoms with E-state index >= 15 is 0 Å². The highest BCUT2D eigenvalue weighted by molar-refractivity contribution is 6.20. The van der Waals surface area contributed by atoms with Gasteiger partial charge in [0.2, 0.25) is 0 Å². The van der Waals surface area contributed by atoms with Gasteiger partial charge >= 0.3 is 0 Å². The van der Waals surface area contributed by atoms with Crippen LogP contribution in [0.2, 0.25) is 0 Å². The second-order valence-electron chi connectivity index (χ2n) is 7.24. The van der Waals surface area contributed by atoms with Crippen LogP contribution in [-0.2, 0) is 6.54 Å². The van der Waals surface area contributed by atoms with Gasteiger partial charge in [-0.25, -0.2) is 0 Å². The van der Waals surface area contributed by atoms with E-state index in [4.69, 9.17) is 0 Å². The number of hydrogen-bond acceptors (Lipinski definition) is 2. The molecule has 0 radical (unpaired) electrons. The molecule has 0 bridgehead atoms. The summed E-state index contributed by atoms with van der Waals surface area (Å²) in [6.07, 6.45) is 0. The number of fused-ring (bicyclic) bond motifs is 10. The van der Waals surface area contributed by atoms with E-state index < -0.39 is 0 Å². The lowest BCUT2D eigenvalue weighted by Crippen LogP contribution is -2.13. The van der Waals surface area contributed by atoms with Gasteiger partial charge in [-0.2, -0.15) is 0 Å². The van der Waals surface area contributed by atoms with Crippen molar-refractivity contribution in [1.82, 2.24) is 10.3 Å². The van der Waals surface area contributed by atoms with Crippen molar-refractivity contribution in [2.45, 2.75) is 12.5 Å². The first-order valence-electron chi connectivity index (χ1n) is 9.35. The number of aromatic nitrogens is 1. The highest BCUT2D eigenvalue weighted by Gasteiger charge is 2.38. The van der Waals surface area contributed by atoms with Gasteiger partial charge in [0.1, 0.15) is 6.61 Å². The molecule has 1 atom stereocenters. The predicted octanol–water partition coefficient (Wildman–Crippen LogP) is 3.67. The number of aliphatic hydroxyl groups excluding tert-OH is 1. The maximum absolute atomic E-state index is 12.9. The number of carbonyl (C=O) groups excluding carboxylic acids is 1. The van der Waals surface area contributed by atoms with E-state index in [-0.39, 0.29) is 18.4 Å². The summed E-state index contributed by atoms with van der Waals surface area (Å²) in [7, 11) is 0. The minimum atomic E-state index is -0.185. The molecule has 2 heterocycles. The smallest absolute Gasteiger partial charge is 0.252 e. The van der Waals surface area contributed by atoms with Gasteiger partial charge in [-0.1, -0.05) is 54.3 Å². The zero-order valence-electron chi connectivity index (χ0n) is 15.0. The molecule has 1 unspecified atom stereocenters. The van der Waals surface area contributed by atoms with Gasteiger partial charge in [-0.3, -0.25) is 4.79 Å². The Kier molecular flexibility index (Phi) is 3.03. The fourth-order valence-corrected chi connectivity index (χ4v) is 4.88. The van der Waals surface area contributed by atoms with Crippen LogP contribution in [0.3, 0.4) is 0 Å². The molecule has 0 saturated heterocycles. The van der Waals surface area contributed by atoms with Gasteiger partial charge < -0.3 is 15.4 Å². The third-order valence-corrected chi connectivity index (χ3v) is 5.91. The summed E-state index contributed by atoms with van der Waals surface area (Å²) in [5.74, 6) is 5.88. The van der Waals surface area contributed by atoms with Crippen molar-refractivity contribution in [3.8, 4) is 23.0 Å². The van der Waals surface area contributed by atoms with Crippen LogP contribution in [-0.4, -0.2) is 22.6 Å². The fourth-order valence-electron chi connectivity index (χ4n) is 4.88. The topological polar surface area (TPSA) is 65.1 Å². The molecule has 4 heteroatoms. The molecule has 4 nitrogen and oxygen atoms in total. The third-order valence-electron chi connectivity index (χ3n) is 5.91. The molecule has 6 rings (SSSR count). The van der Waals surface area contributed by atoms with Gasteiger partial charge in [-0.05, 0) is 22.8 Å². The lowest BCUT2D eigenvalue weighted by atomic mass is 9.90. The van der Waals surface area contributed by atoms with Crippen molar-refractivity contribution in [2.75, 3.05) is 6.61 Å². The van der Waals surface area contributed by atoms with E-state index in [1.807, 2.05) is 24.3 Å². The Morgan fingerprint density at radius 3 is 2.79 bits per heavy atom. The molecular weight excluding hydrogens is 348 g/mol. The quantitative estimate of drug-likeness (QED) is 0.417. The molecule has 1 aliphatic carbocycles. The SMILES string of the molecule is O=C1NCc2c1c1c(c3[nH]c4ccccc4c23)C(C#CCO)c2ccccc2-1. The van der Waals surface area contributed by atoms with Crippen LogP contribution in [0.1, 0.15) is 33.0 Å². The molecule has 0 saturated carbocycles. The Morgan fingerprint density at radius 1 is 1.07 bits per heavy atom. The largest absolute Gasteiger partial charge is 0.384 e. The van der Waals surface area contributed by atoms with Crippen LogP contribution in [0.15, 0.2) is 48.5 Å². The number of carbonyl (C=O) groups is 1. The predicted molar refractivity (Wildman–Crippen MR) is 109 cm³/mol. The van der Waals surface area contributed by atoms with Gasteiger partial charge in [0.05, 0.1) is 17.0 Å². The average Bonchev–Trinajstić information content (AvgIpc) is 3.38. The van der Waals surface area contributed by atoms with Crippen LogP contribution in [0, 0.1) is 11.8 Å². The summed E-state index contributed by atoms with van der Waals surface area (Å²) < 4.78 is 0. The molecule has 28 heavy (non-hydrogen) atoms. The maximum Gasteiger partial charge on any atom is 0.252 e. The van der Waals surface area contributed by atoms with Crippen molar-refractivity contribution in [2.24, 2.45) is 0 Å². The van der Waals surface area contributed by atoms with E-state index in [0.29, 0.717) is 6.54 Å². The minimum Gasteiger partial charge on any atom is -0.384 e. The first-order chi connectivity index (χ1) is 13.8. The summed E-state index contributed by atoms with van der Waals surface area (Å²) in [5, 5.41) is 14.5. The number of para-hydroxylation sites is 1. The van der Waals surface area contributed by atoms with Crippen LogP contribution in [0.25, 0.3) is 32.9 Å². The standard InChI is InChI=1S/C24H16N2O2/c27-11-5-9-15-13-6-1-2-7-14(13)20-21(15)23-19(17-12-25-24(28)22(17)20)16-8-3-4-10-18(16)26-23/h1-4,6-8,10,15,26-27H,11-12H2,(H,25,28). The van der Waals surface area contributed by atoms with E-state index in [0.717, 1.165) is 55.2 Å². The number of aliphatic hydroxyl groups is 1. The van der Waals surface area contributed by atoms with Crippen molar-refractivity contribution in [1.29, 1.82) is 0 Å². The molecule has 0 fully saturated rings. The van der Waals surface area contributed by atoms with Crippen LogP contribution < -0.4 is 5.32 Å². The summed E-state index contributed by atoms with van der Waals surface area (Å²) in [5.41, 5.74) is 8.10. The van der Waals surface area contributed by atoms with Crippen molar-refractivity contribution in [3.63, 3.8) is 0 Å². The number of nitrogens with one attached hydrogen (secondary N) is 2. The summed E-state index contributed by atoms with van der Waals surface area (Å²) in [4.78, 5) is 16.5. The normalized spacial score (nSPS) is 16.5. The number of hydrogen-bond donors (Lipinski definition) is 3. The first kappa shape index (κ1) is 15.5. The lowest BCUT2D eigenvalue weighted by Gasteiger charge is -2.11. The van der Waals surface area contributed by atoms with E-state index in [2.05, 4.69) is 46.4 Å². The van der Waals surface area contributed by atoms with Gasteiger partial charge in [0.15, 0.2) is 0 Å². The highest BCUT2D eigenvalue weighted by atomic mass is 16.2. The van der Waals surface area contributed by atoms with E-state index in [1.54, 1.807) is 0 Å². The Labute approximate surface area is 161 Å². The lowest BCUT2D eigenvalue weighted by molar-refractivity contribution is 0.0966. The molecule has 2 aliphatic rings. The third kappa shape index (κ3) is 1.81. The first-order valence-corrected chi connectivity index (χ1v) is 9.35. The summed E-state index contributed by atoms with van der Waals surface area (Å²) in [6.45, 7) is 0.351. The summed E-state index contributed by atoms with van der Waals surface area (Å²) >= 11 is 0. The van der Waals surface area contributed by atoms with Crippen LogP contribution in [0.5, 0.6) is 0 Å². The highest BCUT2D eigenvalue weighted by Crippen LogP contribution is 2.52. The van der Waals surface area contributed by atoms with Crippen molar-refractivity contribution in [3.05, 3.63) is 70.8 Å². The molecule has 1 amide bonds. The molecule has 1 aromatic heterocycles. The Balaban J connectivity index is 1.86. The van der Waals surface area contributed by atoms with E-state index in [9.17, 15) is 9.90 Å². The Morgan fingerprint density at radius 2 is 1.89 bits per heavy atom. The number of rotatable bonds is 0. The second kappa shape index (κ2) is 5.48. The Hall–Kier alpha value is -3.55. The van der Waals surface area contributed by atoms with Crippen molar-refractivity contribution >= 4 is 27.7 Å². The molecule has 4 aromatic rings.